The number of allylic oxidation sites excluding steroid dienone is 1. The maximum atomic E-state index is 13.3. The van der Waals surface area contributed by atoms with Crippen molar-refractivity contribution in [2.45, 2.75) is 65.9 Å². The van der Waals surface area contributed by atoms with Crippen molar-refractivity contribution in [3.8, 4) is 0 Å². The minimum atomic E-state index is -0.271. The Morgan fingerprint density at radius 3 is 2.53 bits per heavy atom. The summed E-state index contributed by atoms with van der Waals surface area (Å²) in [5.41, 5.74) is 3.05. The fourth-order valence-electron chi connectivity index (χ4n) is 3.18. The number of carbonyl (C=O) groups is 1. The van der Waals surface area contributed by atoms with E-state index in [9.17, 15) is 9.18 Å². The summed E-state index contributed by atoms with van der Waals surface area (Å²) < 4.78 is 18.9. The summed E-state index contributed by atoms with van der Waals surface area (Å²) >= 11 is 0. The minimum absolute atomic E-state index is 0.0187. The lowest BCUT2D eigenvalue weighted by atomic mass is 10.0. The molecule has 1 heterocycles. The second-order valence-corrected chi connectivity index (χ2v) is 7.47. The fourth-order valence-corrected chi connectivity index (χ4v) is 3.18. The number of hydrogen-bond acceptors (Lipinski definition) is 4. The number of ether oxygens (including phenoxy) is 1. The van der Waals surface area contributed by atoms with Gasteiger partial charge in [0.1, 0.15) is 11.9 Å². The highest BCUT2D eigenvalue weighted by molar-refractivity contribution is 5.68. The molecule has 30 heavy (non-hydrogen) atoms. The molecular formula is C24H34FN3O2. The summed E-state index contributed by atoms with van der Waals surface area (Å²) in [6.45, 7) is 9.36. The van der Waals surface area contributed by atoms with Crippen LogP contribution in [0, 0.1) is 5.82 Å². The molecule has 1 aromatic rings. The Bertz CT molecular complexity index is 767. The van der Waals surface area contributed by atoms with Crippen molar-refractivity contribution < 1.29 is 13.9 Å². The number of benzene rings is 1. The molecule has 0 atom stereocenters. The van der Waals surface area contributed by atoms with Gasteiger partial charge in [-0.15, -0.1) is 0 Å². The smallest absolute Gasteiger partial charge is 0.410 e. The molecule has 0 saturated carbocycles. The lowest BCUT2D eigenvalue weighted by Crippen LogP contribution is -2.37. The molecule has 1 aliphatic heterocycles. The van der Waals surface area contributed by atoms with Crippen molar-refractivity contribution >= 4 is 18.0 Å². The Kier molecular flexibility index (Phi) is 9.58. The summed E-state index contributed by atoms with van der Waals surface area (Å²) in [6.07, 6.45) is 9.96. The number of unbranched alkanes of at least 4 members (excludes halogenated alkanes) is 1. The fraction of sp³-hybridized carbons (Fsp3) is 0.500. The van der Waals surface area contributed by atoms with Gasteiger partial charge in [0.15, 0.2) is 0 Å². The second-order valence-electron chi connectivity index (χ2n) is 7.47. The van der Waals surface area contributed by atoms with E-state index in [1.807, 2.05) is 33.2 Å². The molecule has 0 saturated heterocycles. The SMILES string of the molecule is CCC/C=N/N(/C=C(\C)C1=CCN(C(=O)OC(CC)CC)CC1)c1ccc(F)cc1. The normalized spacial score (nSPS) is 14.9. The van der Waals surface area contributed by atoms with Gasteiger partial charge in [0.25, 0.3) is 0 Å². The van der Waals surface area contributed by atoms with Crippen LogP contribution in [-0.2, 0) is 4.74 Å². The molecule has 6 heteroatoms. The van der Waals surface area contributed by atoms with Crippen molar-refractivity contribution in [3.63, 3.8) is 0 Å². The van der Waals surface area contributed by atoms with Crippen LogP contribution in [-0.4, -0.2) is 36.4 Å². The van der Waals surface area contributed by atoms with Gasteiger partial charge in [-0.25, -0.2) is 14.2 Å². The lowest BCUT2D eigenvalue weighted by Gasteiger charge is -2.28. The molecule has 0 fully saturated rings. The summed E-state index contributed by atoms with van der Waals surface area (Å²) in [5, 5.41) is 6.32. The molecule has 0 unspecified atom stereocenters. The van der Waals surface area contributed by atoms with E-state index in [-0.39, 0.29) is 18.0 Å². The van der Waals surface area contributed by atoms with Gasteiger partial charge >= 0.3 is 6.09 Å². The van der Waals surface area contributed by atoms with Crippen molar-refractivity contribution in [2.24, 2.45) is 5.10 Å². The van der Waals surface area contributed by atoms with Gasteiger partial charge in [0.2, 0.25) is 0 Å². The van der Waals surface area contributed by atoms with Crippen LogP contribution in [0.3, 0.4) is 0 Å². The first kappa shape index (κ1) is 23.6. The number of hydrazone groups is 1. The molecule has 0 N–H and O–H groups in total. The van der Waals surface area contributed by atoms with Gasteiger partial charge in [-0.05, 0) is 68.0 Å². The van der Waals surface area contributed by atoms with Crippen molar-refractivity contribution in [3.05, 3.63) is 53.5 Å². The maximum Gasteiger partial charge on any atom is 0.410 e. The largest absolute Gasteiger partial charge is 0.446 e. The first-order valence-corrected chi connectivity index (χ1v) is 10.9. The van der Waals surface area contributed by atoms with Crippen LogP contribution in [0.15, 0.2) is 52.8 Å². The summed E-state index contributed by atoms with van der Waals surface area (Å²) in [7, 11) is 0. The molecule has 0 radical (unpaired) electrons. The quantitative estimate of drug-likeness (QED) is 0.352. The summed E-state index contributed by atoms with van der Waals surface area (Å²) in [4.78, 5) is 14.1. The second kappa shape index (κ2) is 12.2. The number of halogens is 1. The van der Waals surface area contributed by atoms with Crippen molar-refractivity contribution in [2.75, 3.05) is 18.1 Å². The van der Waals surface area contributed by atoms with E-state index in [0.717, 1.165) is 43.4 Å². The zero-order valence-electron chi connectivity index (χ0n) is 18.6. The van der Waals surface area contributed by atoms with E-state index in [0.29, 0.717) is 13.1 Å². The van der Waals surface area contributed by atoms with Crippen molar-refractivity contribution in [1.29, 1.82) is 0 Å². The number of rotatable bonds is 9. The number of nitrogens with zero attached hydrogens (tertiary/aromatic N) is 3. The monoisotopic (exact) mass is 415 g/mol. The third-order valence-corrected chi connectivity index (χ3v) is 5.18. The molecule has 2 rings (SSSR count). The predicted octanol–water partition coefficient (Wildman–Crippen LogP) is 6.28. The van der Waals surface area contributed by atoms with Gasteiger partial charge in [-0.1, -0.05) is 33.3 Å². The maximum absolute atomic E-state index is 13.3. The Morgan fingerprint density at radius 1 is 1.27 bits per heavy atom. The highest BCUT2D eigenvalue weighted by atomic mass is 19.1. The van der Waals surface area contributed by atoms with E-state index in [1.54, 1.807) is 22.0 Å². The topological polar surface area (TPSA) is 45.1 Å². The zero-order valence-corrected chi connectivity index (χ0v) is 18.6. The first-order chi connectivity index (χ1) is 14.5. The number of carbonyl (C=O) groups excluding carboxylic acids is 1. The minimum Gasteiger partial charge on any atom is -0.446 e. The van der Waals surface area contributed by atoms with E-state index in [1.165, 1.54) is 17.7 Å². The Morgan fingerprint density at radius 2 is 1.97 bits per heavy atom. The predicted molar refractivity (Wildman–Crippen MR) is 121 cm³/mol. The Balaban J connectivity index is 2.10. The lowest BCUT2D eigenvalue weighted by molar-refractivity contribution is 0.0612. The third-order valence-electron chi connectivity index (χ3n) is 5.18. The molecular weight excluding hydrogens is 381 g/mol. The van der Waals surface area contributed by atoms with E-state index in [4.69, 9.17) is 4.74 Å². The molecule has 164 valence electrons. The Labute approximate surface area is 179 Å². The molecule has 0 bridgehead atoms. The van der Waals surface area contributed by atoms with Crippen LogP contribution in [0.4, 0.5) is 14.9 Å². The van der Waals surface area contributed by atoms with Crippen LogP contribution >= 0.6 is 0 Å². The summed E-state index contributed by atoms with van der Waals surface area (Å²) in [5.74, 6) is -0.271. The molecule has 0 spiro atoms. The van der Waals surface area contributed by atoms with Crippen LogP contribution in [0.25, 0.3) is 0 Å². The molecule has 0 aromatic heterocycles. The number of anilines is 1. The average Bonchev–Trinajstić information content (AvgIpc) is 2.77. The van der Waals surface area contributed by atoms with E-state index in [2.05, 4.69) is 18.1 Å². The van der Waals surface area contributed by atoms with Gasteiger partial charge in [0.05, 0.1) is 5.69 Å². The number of hydrogen-bond donors (Lipinski definition) is 0. The summed E-state index contributed by atoms with van der Waals surface area (Å²) in [6, 6.07) is 6.30. The molecule has 0 aliphatic carbocycles. The van der Waals surface area contributed by atoms with E-state index >= 15 is 0 Å². The van der Waals surface area contributed by atoms with Crippen LogP contribution in [0.1, 0.15) is 59.8 Å². The van der Waals surface area contributed by atoms with Crippen LogP contribution in [0.2, 0.25) is 0 Å². The molecule has 5 nitrogen and oxygen atoms in total. The van der Waals surface area contributed by atoms with Gasteiger partial charge < -0.3 is 9.64 Å². The van der Waals surface area contributed by atoms with Crippen molar-refractivity contribution in [1.82, 2.24) is 4.90 Å². The highest BCUT2D eigenvalue weighted by Gasteiger charge is 2.21. The molecule has 1 amide bonds. The third kappa shape index (κ3) is 7.01. The molecule has 1 aromatic carbocycles. The molecule has 1 aliphatic rings. The van der Waals surface area contributed by atoms with Gasteiger partial charge in [0, 0.05) is 25.5 Å². The zero-order chi connectivity index (χ0) is 21.9. The standard InChI is InChI=1S/C24H34FN3O2/c1-5-8-15-26-28(22-11-9-21(25)10-12-22)18-19(4)20-13-16-27(17-14-20)24(29)30-23(6-2)7-3/h9-13,15,18,23H,5-8,14,16-17H2,1-4H3/b19-18+,26-15+. The van der Waals surface area contributed by atoms with Gasteiger partial charge in [-0.2, -0.15) is 5.10 Å². The van der Waals surface area contributed by atoms with Crippen LogP contribution < -0.4 is 5.01 Å². The first-order valence-electron chi connectivity index (χ1n) is 10.9. The number of amides is 1. The van der Waals surface area contributed by atoms with E-state index < -0.39 is 0 Å². The Hall–Kier alpha value is -2.63. The highest BCUT2D eigenvalue weighted by Crippen LogP contribution is 2.23. The average molecular weight is 416 g/mol. The van der Waals surface area contributed by atoms with Crippen LogP contribution in [0.5, 0.6) is 0 Å². The van der Waals surface area contributed by atoms with Gasteiger partial charge in [-0.3, -0.25) is 0 Å².